The molecule has 5 heteroatoms. The van der Waals surface area contributed by atoms with Gasteiger partial charge in [0.1, 0.15) is 6.10 Å². The van der Waals surface area contributed by atoms with Crippen molar-refractivity contribution in [2.45, 2.75) is 30.9 Å². The Morgan fingerprint density at radius 3 is 2.63 bits per heavy atom. The third-order valence-corrected chi connectivity index (χ3v) is 4.30. The largest absolute Gasteiger partial charge is 0.383 e. The lowest BCUT2D eigenvalue weighted by Gasteiger charge is -2.20. The lowest BCUT2D eigenvalue weighted by molar-refractivity contribution is -0.130. The fourth-order valence-electron chi connectivity index (χ4n) is 2.06. The fraction of sp³-hybridized carbons (Fsp3) is 0.500. The average Bonchev–Trinajstić information content (AvgIpc) is 3.17. The van der Waals surface area contributed by atoms with Crippen molar-refractivity contribution in [3.05, 3.63) is 34.9 Å². The summed E-state index contributed by atoms with van der Waals surface area (Å²) in [6.07, 6.45) is 3.35. The van der Waals surface area contributed by atoms with Crippen LogP contribution in [0.5, 0.6) is 0 Å². The molecule has 19 heavy (non-hydrogen) atoms. The van der Waals surface area contributed by atoms with E-state index < -0.39 is 6.10 Å². The standard InChI is InChI=1S/C14H18ClNO2S/c1-19-9-6-12(17)13(18)16-14(7-8-14)10-2-4-11(15)5-3-10/h2-5,12,17H,6-9H2,1H3,(H,16,18)/t12-/m1/s1. The molecule has 0 aliphatic heterocycles. The molecule has 0 saturated heterocycles. The summed E-state index contributed by atoms with van der Waals surface area (Å²) >= 11 is 7.49. The monoisotopic (exact) mass is 299 g/mol. The van der Waals surface area contributed by atoms with Crippen LogP contribution in [0.15, 0.2) is 24.3 Å². The van der Waals surface area contributed by atoms with Gasteiger partial charge in [-0.2, -0.15) is 11.8 Å². The van der Waals surface area contributed by atoms with Crippen LogP contribution in [0.3, 0.4) is 0 Å². The summed E-state index contributed by atoms with van der Waals surface area (Å²) in [5, 5.41) is 13.4. The van der Waals surface area contributed by atoms with E-state index in [-0.39, 0.29) is 11.4 Å². The molecule has 104 valence electrons. The molecule has 2 N–H and O–H groups in total. The molecule has 1 aliphatic rings. The number of carbonyl (C=O) groups is 1. The van der Waals surface area contributed by atoms with Crippen molar-refractivity contribution in [3.63, 3.8) is 0 Å². The first-order chi connectivity index (χ1) is 9.07. The van der Waals surface area contributed by atoms with Crippen molar-refractivity contribution in [1.82, 2.24) is 5.32 Å². The average molecular weight is 300 g/mol. The van der Waals surface area contributed by atoms with E-state index in [1.807, 2.05) is 30.5 Å². The molecule has 1 atom stereocenters. The lowest BCUT2D eigenvalue weighted by Crippen LogP contribution is -2.41. The van der Waals surface area contributed by atoms with Crippen LogP contribution in [0.2, 0.25) is 5.02 Å². The van der Waals surface area contributed by atoms with Gasteiger partial charge in [-0.1, -0.05) is 23.7 Å². The van der Waals surface area contributed by atoms with E-state index >= 15 is 0 Å². The van der Waals surface area contributed by atoms with Crippen LogP contribution < -0.4 is 5.32 Å². The molecule has 0 unspecified atom stereocenters. The summed E-state index contributed by atoms with van der Waals surface area (Å²) in [5.74, 6) is 0.504. The normalized spacial score (nSPS) is 17.8. The Labute approximate surface area is 122 Å². The van der Waals surface area contributed by atoms with Gasteiger partial charge in [0, 0.05) is 5.02 Å². The zero-order valence-electron chi connectivity index (χ0n) is 10.9. The first-order valence-corrected chi connectivity index (χ1v) is 8.10. The number of benzene rings is 1. The summed E-state index contributed by atoms with van der Waals surface area (Å²) in [6, 6.07) is 7.52. The third kappa shape index (κ3) is 3.65. The van der Waals surface area contributed by atoms with Gasteiger partial charge in [0.15, 0.2) is 0 Å². The van der Waals surface area contributed by atoms with Crippen molar-refractivity contribution < 1.29 is 9.90 Å². The number of hydrogen-bond donors (Lipinski definition) is 2. The number of hydrogen-bond acceptors (Lipinski definition) is 3. The van der Waals surface area contributed by atoms with Gasteiger partial charge in [-0.3, -0.25) is 4.79 Å². The quantitative estimate of drug-likeness (QED) is 0.849. The molecule has 1 fully saturated rings. The predicted molar refractivity (Wildman–Crippen MR) is 79.5 cm³/mol. The number of rotatable bonds is 6. The summed E-state index contributed by atoms with van der Waals surface area (Å²) in [4.78, 5) is 11.9. The van der Waals surface area contributed by atoms with E-state index in [9.17, 15) is 9.90 Å². The molecule has 0 spiro atoms. The van der Waals surface area contributed by atoms with E-state index in [1.165, 1.54) is 0 Å². The Kier molecular flexibility index (Phi) is 4.76. The van der Waals surface area contributed by atoms with Gasteiger partial charge in [0.25, 0.3) is 0 Å². The SMILES string of the molecule is CSCC[C@@H](O)C(=O)NC1(c2ccc(Cl)cc2)CC1. The molecule has 0 radical (unpaired) electrons. The van der Waals surface area contributed by atoms with Crippen molar-refractivity contribution >= 4 is 29.3 Å². The lowest BCUT2D eigenvalue weighted by atomic mass is 10.0. The fourth-order valence-corrected chi connectivity index (χ4v) is 2.64. The van der Waals surface area contributed by atoms with Gasteiger partial charge < -0.3 is 10.4 Å². The number of amides is 1. The molecule has 0 heterocycles. The number of aliphatic hydroxyl groups is 1. The Balaban J connectivity index is 1.98. The highest BCUT2D eigenvalue weighted by atomic mass is 35.5. The molecule has 3 nitrogen and oxygen atoms in total. The van der Waals surface area contributed by atoms with Crippen LogP contribution in [0.4, 0.5) is 0 Å². The molecular formula is C14H18ClNO2S. The Bertz CT molecular complexity index is 445. The first-order valence-electron chi connectivity index (χ1n) is 6.32. The summed E-state index contributed by atoms with van der Waals surface area (Å²) in [6.45, 7) is 0. The van der Waals surface area contributed by atoms with Gasteiger partial charge in [0.05, 0.1) is 5.54 Å². The molecule has 2 rings (SSSR count). The smallest absolute Gasteiger partial charge is 0.249 e. The molecule has 1 aliphatic carbocycles. The number of carbonyl (C=O) groups excluding carboxylic acids is 1. The zero-order valence-corrected chi connectivity index (χ0v) is 12.4. The van der Waals surface area contributed by atoms with Crippen LogP contribution in [0.25, 0.3) is 0 Å². The summed E-state index contributed by atoms with van der Waals surface area (Å²) < 4.78 is 0. The van der Waals surface area contributed by atoms with Crippen molar-refractivity contribution in [3.8, 4) is 0 Å². The van der Waals surface area contributed by atoms with Crippen LogP contribution >= 0.6 is 23.4 Å². The highest BCUT2D eigenvalue weighted by Gasteiger charge is 2.46. The molecule has 1 aromatic carbocycles. The maximum atomic E-state index is 11.9. The Morgan fingerprint density at radius 1 is 1.47 bits per heavy atom. The molecule has 1 amide bonds. The maximum absolute atomic E-state index is 11.9. The van der Waals surface area contributed by atoms with E-state index in [1.54, 1.807) is 11.8 Å². The zero-order chi connectivity index (χ0) is 13.9. The minimum Gasteiger partial charge on any atom is -0.383 e. The highest BCUT2D eigenvalue weighted by Crippen LogP contribution is 2.45. The molecule has 1 saturated carbocycles. The Morgan fingerprint density at radius 2 is 2.11 bits per heavy atom. The van der Waals surface area contributed by atoms with Crippen molar-refractivity contribution in [1.29, 1.82) is 0 Å². The number of thioether (sulfide) groups is 1. The minimum atomic E-state index is -0.919. The van der Waals surface area contributed by atoms with Crippen molar-refractivity contribution in [2.24, 2.45) is 0 Å². The molecule has 0 aromatic heterocycles. The van der Waals surface area contributed by atoms with E-state index in [4.69, 9.17) is 11.6 Å². The van der Waals surface area contributed by atoms with Gasteiger partial charge in [-0.05, 0) is 49.0 Å². The predicted octanol–water partition coefficient (Wildman–Crippen LogP) is 2.56. The van der Waals surface area contributed by atoms with Crippen LogP contribution in [0.1, 0.15) is 24.8 Å². The molecule has 0 bridgehead atoms. The summed E-state index contributed by atoms with van der Waals surface area (Å²) in [7, 11) is 0. The second-order valence-electron chi connectivity index (χ2n) is 4.88. The number of halogens is 1. The second kappa shape index (κ2) is 6.16. The molecular weight excluding hydrogens is 282 g/mol. The minimum absolute atomic E-state index is 0.276. The van der Waals surface area contributed by atoms with Gasteiger partial charge in [0.2, 0.25) is 5.91 Å². The van der Waals surface area contributed by atoms with Crippen LogP contribution in [-0.4, -0.2) is 29.1 Å². The van der Waals surface area contributed by atoms with Gasteiger partial charge >= 0.3 is 0 Å². The Hall–Kier alpha value is -0.710. The van der Waals surface area contributed by atoms with E-state index in [2.05, 4.69) is 5.32 Å². The maximum Gasteiger partial charge on any atom is 0.249 e. The first kappa shape index (κ1) is 14.7. The number of aliphatic hydroxyl groups excluding tert-OH is 1. The molecule has 1 aromatic rings. The van der Waals surface area contributed by atoms with E-state index in [0.717, 1.165) is 24.2 Å². The number of nitrogens with one attached hydrogen (secondary N) is 1. The van der Waals surface area contributed by atoms with E-state index in [0.29, 0.717) is 11.4 Å². The van der Waals surface area contributed by atoms with Gasteiger partial charge in [-0.25, -0.2) is 0 Å². The third-order valence-electron chi connectivity index (χ3n) is 3.41. The van der Waals surface area contributed by atoms with Crippen LogP contribution in [-0.2, 0) is 10.3 Å². The second-order valence-corrected chi connectivity index (χ2v) is 6.30. The van der Waals surface area contributed by atoms with Crippen molar-refractivity contribution in [2.75, 3.05) is 12.0 Å². The topological polar surface area (TPSA) is 49.3 Å². The summed E-state index contributed by atoms with van der Waals surface area (Å²) in [5.41, 5.74) is 0.768. The van der Waals surface area contributed by atoms with Crippen LogP contribution in [0, 0.1) is 0 Å². The highest BCUT2D eigenvalue weighted by molar-refractivity contribution is 7.98. The van der Waals surface area contributed by atoms with Gasteiger partial charge in [-0.15, -0.1) is 0 Å².